The molecule has 0 bridgehead atoms. The SMILES string of the molecule is CO/N=C(\Cn1ccnc1)c1ccc(C#Cc2ccc(F)cc2)cc1. The van der Waals surface area contributed by atoms with Gasteiger partial charge in [-0.15, -0.1) is 0 Å². The predicted octanol–water partition coefficient (Wildman–Crippen LogP) is 3.47. The molecule has 124 valence electrons. The van der Waals surface area contributed by atoms with E-state index in [4.69, 9.17) is 4.84 Å². The second kappa shape index (κ2) is 7.93. The van der Waals surface area contributed by atoms with Gasteiger partial charge in [-0.3, -0.25) is 0 Å². The molecule has 2 aromatic carbocycles. The summed E-state index contributed by atoms with van der Waals surface area (Å²) in [4.78, 5) is 8.98. The molecule has 0 aliphatic rings. The van der Waals surface area contributed by atoms with E-state index in [1.807, 2.05) is 35.0 Å². The van der Waals surface area contributed by atoms with Crippen LogP contribution in [0.2, 0.25) is 0 Å². The van der Waals surface area contributed by atoms with Crippen LogP contribution in [0.4, 0.5) is 4.39 Å². The summed E-state index contributed by atoms with van der Waals surface area (Å²) >= 11 is 0. The Morgan fingerprint density at radius 1 is 1.08 bits per heavy atom. The Labute approximate surface area is 145 Å². The first kappa shape index (κ1) is 16.5. The fourth-order valence-electron chi connectivity index (χ4n) is 2.26. The van der Waals surface area contributed by atoms with Gasteiger partial charge in [0.05, 0.1) is 12.9 Å². The average Bonchev–Trinajstić information content (AvgIpc) is 3.15. The highest BCUT2D eigenvalue weighted by Gasteiger charge is 2.05. The maximum Gasteiger partial charge on any atom is 0.123 e. The topological polar surface area (TPSA) is 39.4 Å². The molecule has 0 atom stereocenters. The van der Waals surface area contributed by atoms with Gasteiger partial charge >= 0.3 is 0 Å². The first-order valence-electron chi connectivity index (χ1n) is 7.68. The van der Waals surface area contributed by atoms with Crippen LogP contribution >= 0.6 is 0 Å². The number of benzene rings is 2. The molecule has 0 fully saturated rings. The first-order chi connectivity index (χ1) is 12.2. The molecule has 5 heteroatoms. The number of rotatable bonds is 4. The lowest BCUT2D eigenvalue weighted by atomic mass is 10.1. The summed E-state index contributed by atoms with van der Waals surface area (Å²) < 4.78 is 14.8. The van der Waals surface area contributed by atoms with Crippen LogP contribution < -0.4 is 0 Å². The fourth-order valence-corrected chi connectivity index (χ4v) is 2.26. The molecule has 0 unspecified atom stereocenters. The van der Waals surface area contributed by atoms with Crippen molar-refractivity contribution in [3.8, 4) is 11.8 Å². The van der Waals surface area contributed by atoms with Gasteiger partial charge in [-0.05, 0) is 36.4 Å². The minimum Gasteiger partial charge on any atom is -0.399 e. The quantitative estimate of drug-likeness (QED) is 0.417. The average molecular weight is 333 g/mol. The van der Waals surface area contributed by atoms with Crippen LogP contribution in [0, 0.1) is 17.7 Å². The zero-order valence-electron chi connectivity index (χ0n) is 13.7. The van der Waals surface area contributed by atoms with Crippen molar-refractivity contribution < 1.29 is 9.23 Å². The van der Waals surface area contributed by atoms with E-state index < -0.39 is 0 Å². The van der Waals surface area contributed by atoms with E-state index >= 15 is 0 Å². The summed E-state index contributed by atoms with van der Waals surface area (Å²) in [5.41, 5.74) is 3.38. The lowest BCUT2D eigenvalue weighted by Gasteiger charge is -2.07. The third-order valence-corrected chi connectivity index (χ3v) is 3.51. The van der Waals surface area contributed by atoms with Crippen molar-refractivity contribution >= 4 is 5.71 Å². The van der Waals surface area contributed by atoms with Gasteiger partial charge in [0.15, 0.2) is 0 Å². The molecular weight excluding hydrogens is 317 g/mol. The number of aromatic nitrogens is 2. The van der Waals surface area contributed by atoms with Crippen LogP contribution in [-0.4, -0.2) is 22.4 Å². The lowest BCUT2D eigenvalue weighted by molar-refractivity contribution is 0.212. The number of hydrogen-bond donors (Lipinski definition) is 0. The largest absolute Gasteiger partial charge is 0.399 e. The number of imidazole rings is 1. The van der Waals surface area contributed by atoms with E-state index in [-0.39, 0.29) is 5.82 Å². The Kier molecular flexibility index (Phi) is 5.22. The zero-order valence-corrected chi connectivity index (χ0v) is 13.7. The molecule has 3 aromatic rings. The van der Waals surface area contributed by atoms with Crippen molar-refractivity contribution in [3.63, 3.8) is 0 Å². The first-order valence-corrected chi connectivity index (χ1v) is 7.68. The minimum absolute atomic E-state index is 0.266. The molecule has 0 radical (unpaired) electrons. The second-order valence-electron chi connectivity index (χ2n) is 5.29. The van der Waals surface area contributed by atoms with E-state index in [0.29, 0.717) is 6.54 Å². The summed E-state index contributed by atoms with van der Waals surface area (Å²) in [7, 11) is 1.52. The molecule has 25 heavy (non-hydrogen) atoms. The van der Waals surface area contributed by atoms with Crippen molar-refractivity contribution in [2.75, 3.05) is 7.11 Å². The van der Waals surface area contributed by atoms with E-state index in [1.165, 1.54) is 19.2 Å². The summed E-state index contributed by atoms with van der Waals surface area (Å²) in [5.74, 6) is 5.81. The maximum atomic E-state index is 12.9. The van der Waals surface area contributed by atoms with Crippen LogP contribution in [-0.2, 0) is 11.4 Å². The molecule has 0 saturated heterocycles. The Bertz CT molecular complexity index is 902. The molecule has 1 aromatic heterocycles. The van der Waals surface area contributed by atoms with Crippen LogP contribution in [0.5, 0.6) is 0 Å². The molecule has 0 aliphatic heterocycles. The zero-order chi connectivity index (χ0) is 17.5. The molecule has 0 saturated carbocycles. The number of hydrogen-bond acceptors (Lipinski definition) is 3. The monoisotopic (exact) mass is 333 g/mol. The van der Waals surface area contributed by atoms with Crippen molar-refractivity contribution in [1.82, 2.24) is 9.55 Å². The Morgan fingerprint density at radius 2 is 1.72 bits per heavy atom. The summed E-state index contributed by atoms with van der Waals surface area (Å²) in [6.07, 6.45) is 5.32. The highest BCUT2D eigenvalue weighted by Crippen LogP contribution is 2.08. The maximum absolute atomic E-state index is 12.9. The Balaban J connectivity index is 1.76. The Hall–Kier alpha value is -3.39. The summed E-state index contributed by atoms with van der Waals surface area (Å²) in [6, 6.07) is 13.9. The van der Waals surface area contributed by atoms with Crippen molar-refractivity contribution in [3.05, 3.63) is 89.8 Å². The standard InChI is InChI=1S/C20H16FN3O/c1-25-23-20(14-24-13-12-22-15-24)18-8-4-16(5-9-18)2-3-17-6-10-19(21)11-7-17/h4-13,15H,14H2,1H3/b23-20+. The van der Waals surface area contributed by atoms with Crippen LogP contribution in [0.3, 0.4) is 0 Å². The molecule has 0 aliphatic carbocycles. The van der Waals surface area contributed by atoms with Gasteiger partial charge in [-0.1, -0.05) is 29.1 Å². The molecule has 3 rings (SSSR count). The molecule has 0 N–H and O–H groups in total. The number of halogens is 1. The third kappa shape index (κ3) is 4.55. The second-order valence-corrected chi connectivity index (χ2v) is 5.29. The normalized spacial score (nSPS) is 10.9. The van der Waals surface area contributed by atoms with Crippen molar-refractivity contribution in [2.24, 2.45) is 5.16 Å². The van der Waals surface area contributed by atoms with Crippen molar-refractivity contribution in [1.29, 1.82) is 0 Å². The molecule has 4 nitrogen and oxygen atoms in total. The summed E-state index contributed by atoms with van der Waals surface area (Å²) in [6.45, 7) is 0.564. The van der Waals surface area contributed by atoms with Gasteiger partial charge in [0, 0.05) is 29.1 Å². The van der Waals surface area contributed by atoms with Gasteiger partial charge in [-0.2, -0.15) is 0 Å². The van der Waals surface area contributed by atoms with E-state index in [9.17, 15) is 4.39 Å². The minimum atomic E-state index is -0.266. The molecule has 0 spiro atoms. The van der Waals surface area contributed by atoms with Gasteiger partial charge in [-0.25, -0.2) is 9.37 Å². The molecular formula is C20H16FN3O. The van der Waals surface area contributed by atoms with Crippen molar-refractivity contribution in [2.45, 2.75) is 6.54 Å². The van der Waals surface area contributed by atoms with E-state index in [0.717, 1.165) is 22.4 Å². The Morgan fingerprint density at radius 3 is 2.28 bits per heavy atom. The fraction of sp³-hybridized carbons (Fsp3) is 0.100. The van der Waals surface area contributed by atoms with Crippen LogP contribution in [0.1, 0.15) is 16.7 Å². The van der Waals surface area contributed by atoms with Gasteiger partial charge in [0.25, 0.3) is 0 Å². The summed E-state index contributed by atoms with van der Waals surface area (Å²) in [5, 5.41) is 4.10. The predicted molar refractivity (Wildman–Crippen MR) is 94.6 cm³/mol. The van der Waals surface area contributed by atoms with Gasteiger partial charge < -0.3 is 9.40 Å². The third-order valence-electron chi connectivity index (χ3n) is 3.51. The highest BCUT2D eigenvalue weighted by molar-refractivity contribution is 6.00. The van der Waals surface area contributed by atoms with Gasteiger partial charge in [0.2, 0.25) is 0 Å². The van der Waals surface area contributed by atoms with E-state index in [1.54, 1.807) is 24.7 Å². The lowest BCUT2D eigenvalue weighted by Crippen LogP contribution is -2.11. The number of nitrogens with zero attached hydrogens (tertiary/aromatic N) is 3. The van der Waals surface area contributed by atoms with Crippen LogP contribution in [0.25, 0.3) is 0 Å². The smallest absolute Gasteiger partial charge is 0.123 e. The van der Waals surface area contributed by atoms with Crippen LogP contribution in [0.15, 0.2) is 72.4 Å². The molecule has 1 heterocycles. The number of oxime groups is 1. The van der Waals surface area contributed by atoms with E-state index in [2.05, 4.69) is 22.0 Å². The molecule has 0 amide bonds. The van der Waals surface area contributed by atoms with Gasteiger partial charge in [0.1, 0.15) is 18.6 Å². The highest BCUT2D eigenvalue weighted by atomic mass is 19.1.